The molecule has 2 N–H and O–H groups in total. The quantitative estimate of drug-likeness (QED) is 0.831. The average Bonchev–Trinajstić information content (AvgIpc) is 3.00. The number of nitrogens with one attached hydrogen (secondary N) is 2. The molecule has 2 amide bonds. The molecule has 0 spiro atoms. The van der Waals surface area contributed by atoms with E-state index in [0.717, 1.165) is 26.1 Å². The van der Waals surface area contributed by atoms with E-state index in [1.165, 1.54) is 6.07 Å². The van der Waals surface area contributed by atoms with E-state index in [9.17, 15) is 9.59 Å². The van der Waals surface area contributed by atoms with Crippen molar-refractivity contribution < 1.29 is 14.3 Å². The first-order valence-corrected chi connectivity index (χ1v) is 7.89. The van der Waals surface area contributed by atoms with E-state index in [0.29, 0.717) is 22.5 Å². The van der Waals surface area contributed by atoms with Gasteiger partial charge in [-0.3, -0.25) is 9.59 Å². The summed E-state index contributed by atoms with van der Waals surface area (Å²) in [6.45, 7) is 2.05. The van der Waals surface area contributed by atoms with E-state index < -0.39 is 5.91 Å². The Morgan fingerprint density at radius 2 is 2.09 bits per heavy atom. The second-order valence-electron chi connectivity index (χ2n) is 5.18. The van der Waals surface area contributed by atoms with Gasteiger partial charge in [0, 0.05) is 24.8 Å². The molecule has 0 aliphatic carbocycles. The number of hydrogen-bond donors (Lipinski definition) is 2. The minimum Gasteiger partial charge on any atom is -0.381 e. The Balaban J connectivity index is 1.71. The molecule has 0 bridgehead atoms. The van der Waals surface area contributed by atoms with Crippen LogP contribution in [0.25, 0.3) is 0 Å². The normalized spacial score (nSPS) is 17.3. The molecule has 7 heteroatoms. The lowest BCUT2D eigenvalue weighted by Crippen LogP contribution is -2.37. The summed E-state index contributed by atoms with van der Waals surface area (Å²) >= 11 is 11.8. The molecule has 1 heterocycles. The maximum Gasteiger partial charge on any atom is 0.253 e. The van der Waals surface area contributed by atoms with Crippen LogP contribution >= 0.6 is 23.2 Å². The number of hydrogen-bond acceptors (Lipinski definition) is 3. The fourth-order valence-corrected chi connectivity index (χ4v) is 2.59. The summed E-state index contributed by atoms with van der Waals surface area (Å²) < 4.78 is 5.27. The highest BCUT2D eigenvalue weighted by molar-refractivity contribution is 6.35. The maximum atomic E-state index is 12.0. The van der Waals surface area contributed by atoms with Crippen molar-refractivity contribution in [1.29, 1.82) is 0 Å². The Labute approximate surface area is 139 Å². The fraction of sp³-hybridized carbons (Fsp3) is 0.467. The van der Waals surface area contributed by atoms with Crippen LogP contribution in [0.2, 0.25) is 10.0 Å². The van der Waals surface area contributed by atoms with E-state index >= 15 is 0 Å². The number of carbonyl (C=O) groups is 2. The van der Waals surface area contributed by atoms with Crippen molar-refractivity contribution in [3.05, 3.63) is 33.8 Å². The Kier molecular flexibility index (Phi) is 6.49. The van der Waals surface area contributed by atoms with Crippen LogP contribution in [0.3, 0.4) is 0 Å². The van der Waals surface area contributed by atoms with Gasteiger partial charge in [-0.1, -0.05) is 23.2 Å². The van der Waals surface area contributed by atoms with Gasteiger partial charge in [0.05, 0.1) is 17.1 Å². The van der Waals surface area contributed by atoms with E-state index in [1.54, 1.807) is 12.1 Å². The number of benzene rings is 1. The molecular weight excluding hydrogens is 327 g/mol. The van der Waals surface area contributed by atoms with Gasteiger partial charge in [-0.2, -0.15) is 0 Å². The zero-order valence-corrected chi connectivity index (χ0v) is 13.5. The summed E-state index contributed by atoms with van der Waals surface area (Å²) in [5.74, 6) is -0.141. The minimum atomic E-state index is -0.424. The van der Waals surface area contributed by atoms with Crippen LogP contribution in [-0.2, 0) is 9.53 Å². The van der Waals surface area contributed by atoms with E-state index in [4.69, 9.17) is 27.9 Å². The second kappa shape index (κ2) is 8.36. The smallest absolute Gasteiger partial charge is 0.253 e. The van der Waals surface area contributed by atoms with Crippen molar-refractivity contribution in [2.24, 2.45) is 5.92 Å². The molecule has 120 valence electrons. The van der Waals surface area contributed by atoms with Crippen LogP contribution in [0.4, 0.5) is 0 Å². The summed E-state index contributed by atoms with van der Waals surface area (Å²) in [5, 5.41) is 6.01. The molecule has 1 atom stereocenters. The number of ether oxygens (including phenoxy) is 1. The summed E-state index contributed by atoms with van der Waals surface area (Å²) in [6, 6.07) is 4.61. The summed E-state index contributed by atoms with van der Waals surface area (Å²) in [5.41, 5.74) is 0.255. The minimum absolute atomic E-state index is 0.0944. The highest BCUT2D eigenvalue weighted by atomic mass is 35.5. The van der Waals surface area contributed by atoms with Crippen LogP contribution < -0.4 is 10.6 Å². The zero-order valence-electron chi connectivity index (χ0n) is 12.0. The molecular formula is C15H18Cl2N2O3. The molecule has 1 aliphatic rings. The number of halogens is 2. The van der Waals surface area contributed by atoms with E-state index in [-0.39, 0.29) is 18.0 Å². The Bertz CT molecular complexity index is 546. The molecule has 1 aromatic rings. The van der Waals surface area contributed by atoms with Crippen LogP contribution in [-0.4, -0.2) is 38.1 Å². The lowest BCUT2D eigenvalue weighted by Gasteiger charge is -2.10. The van der Waals surface area contributed by atoms with Crippen molar-refractivity contribution >= 4 is 35.0 Å². The Morgan fingerprint density at radius 3 is 2.82 bits per heavy atom. The molecule has 1 aliphatic heterocycles. The number of carbonyl (C=O) groups excluding carboxylic acids is 2. The molecule has 0 aromatic heterocycles. The highest BCUT2D eigenvalue weighted by Crippen LogP contribution is 2.20. The highest BCUT2D eigenvalue weighted by Gasteiger charge is 2.16. The van der Waals surface area contributed by atoms with Crippen LogP contribution in [0, 0.1) is 5.92 Å². The first-order valence-electron chi connectivity index (χ1n) is 7.14. The Morgan fingerprint density at radius 1 is 1.27 bits per heavy atom. The molecule has 5 nitrogen and oxygen atoms in total. The van der Waals surface area contributed by atoms with Gasteiger partial charge in [0.2, 0.25) is 5.91 Å². The third kappa shape index (κ3) is 5.16. The monoisotopic (exact) mass is 344 g/mol. The van der Waals surface area contributed by atoms with Gasteiger partial charge in [-0.15, -0.1) is 0 Å². The van der Waals surface area contributed by atoms with Crippen molar-refractivity contribution in [3.8, 4) is 0 Å². The lowest BCUT2D eigenvalue weighted by atomic mass is 10.1. The SMILES string of the molecule is O=C(CNC(=O)c1cc(Cl)ccc1Cl)NCCC1CCOC1. The molecule has 22 heavy (non-hydrogen) atoms. The van der Waals surface area contributed by atoms with Crippen molar-refractivity contribution in [2.45, 2.75) is 12.8 Å². The van der Waals surface area contributed by atoms with Gasteiger partial charge in [-0.05, 0) is 37.0 Å². The summed E-state index contributed by atoms with van der Waals surface area (Å²) in [4.78, 5) is 23.6. The molecule has 0 saturated carbocycles. The van der Waals surface area contributed by atoms with Crippen LogP contribution in [0.1, 0.15) is 23.2 Å². The fourth-order valence-electron chi connectivity index (χ4n) is 2.22. The molecule has 2 rings (SSSR count). The molecule has 1 saturated heterocycles. The zero-order chi connectivity index (χ0) is 15.9. The number of amides is 2. The standard InChI is InChI=1S/C15H18Cl2N2O3/c16-11-1-2-13(17)12(7-11)15(21)19-8-14(20)18-5-3-10-4-6-22-9-10/h1-2,7,10H,3-6,8-9H2,(H,18,20)(H,19,21). The second-order valence-corrected chi connectivity index (χ2v) is 6.02. The number of rotatable bonds is 6. The van der Waals surface area contributed by atoms with Gasteiger partial charge in [-0.25, -0.2) is 0 Å². The maximum absolute atomic E-state index is 12.0. The van der Waals surface area contributed by atoms with Crippen LogP contribution in [0.15, 0.2) is 18.2 Å². The molecule has 0 radical (unpaired) electrons. The third-order valence-electron chi connectivity index (χ3n) is 3.48. The predicted molar refractivity (Wildman–Crippen MR) is 85.3 cm³/mol. The molecule has 1 fully saturated rings. The van der Waals surface area contributed by atoms with Gasteiger partial charge in [0.25, 0.3) is 5.91 Å². The first kappa shape index (κ1) is 17.1. The van der Waals surface area contributed by atoms with Crippen LogP contribution in [0.5, 0.6) is 0 Å². The van der Waals surface area contributed by atoms with Crippen molar-refractivity contribution in [1.82, 2.24) is 10.6 Å². The summed E-state index contributed by atoms with van der Waals surface area (Å²) in [6.07, 6.45) is 1.93. The first-order chi connectivity index (χ1) is 10.6. The third-order valence-corrected chi connectivity index (χ3v) is 4.05. The predicted octanol–water partition coefficient (Wildman–Crippen LogP) is 2.27. The Hall–Kier alpha value is -1.30. The molecule has 1 aromatic carbocycles. The van der Waals surface area contributed by atoms with Gasteiger partial charge in [0.1, 0.15) is 0 Å². The van der Waals surface area contributed by atoms with Gasteiger partial charge < -0.3 is 15.4 Å². The lowest BCUT2D eigenvalue weighted by molar-refractivity contribution is -0.120. The topological polar surface area (TPSA) is 67.4 Å². The average molecular weight is 345 g/mol. The van der Waals surface area contributed by atoms with Gasteiger partial charge >= 0.3 is 0 Å². The van der Waals surface area contributed by atoms with E-state index in [1.807, 2.05) is 0 Å². The largest absolute Gasteiger partial charge is 0.381 e. The van der Waals surface area contributed by atoms with Gasteiger partial charge in [0.15, 0.2) is 0 Å². The molecule has 1 unspecified atom stereocenters. The summed E-state index contributed by atoms with van der Waals surface area (Å²) in [7, 11) is 0. The van der Waals surface area contributed by atoms with Crippen molar-refractivity contribution in [3.63, 3.8) is 0 Å². The van der Waals surface area contributed by atoms with Crippen molar-refractivity contribution in [2.75, 3.05) is 26.3 Å². The van der Waals surface area contributed by atoms with E-state index in [2.05, 4.69) is 10.6 Å².